The minimum absolute atomic E-state index is 0.361. The maximum absolute atomic E-state index is 5.78. The second kappa shape index (κ2) is 3.29. The van der Waals surface area contributed by atoms with Crippen molar-refractivity contribution in [2.24, 2.45) is 5.73 Å². The zero-order chi connectivity index (χ0) is 8.39. The van der Waals surface area contributed by atoms with Gasteiger partial charge in [-0.25, -0.2) is 0 Å². The maximum atomic E-state index is 5.78. The van der Waals surface area contributed by atoms with Gasteiger partial charge in [0.05, 0.1) is 12.8 Å². The number of furan rings is 1. The average Bonchev–Trinajstić information content (AvgIpc) is 2.63. The quantitative estimate of drug-likeness (QED) is 0.707. The Bertz CT molecular complexity index is 233. The number of nitrogens with two attached hydrogens (primary N) is 1. The highest BCUT2D eigenvalue weighted by Crippen LogP contribution is 2.11. The molecule has 0 spiro atoms. The van der Waals surface area contributed by atoms with Crippen LogP contribution in [0.1, 0.15) is 12.2 Å². The molecule has 0 aliphatic carbocycles. The first-order valence-corrected chi connectivity index (χ1v) is 4.35. The second-order valence-electron chi connectivity index (χ2n) is 3.36. The molecule has 1 aliphatic heterocycles. The van der Waals surface area contributed by atoms with Crippen molar-refractivity contribution in [2.45, 2.75) is 19.0 Å². The Labute approximate surface area is 72.1 Å². The van der Waals surface area contributed by atoms with Crippen LogP contribution in [0.15, 0.2) is 22.8 Å². The van der Waals surface area contributed by atoms with Crippen LogP contribution < -0.4 is 5.73 Å². The number of rotatable bonds is 2. The number of nitrogens with zero attached hydrogens (tertiary/aromatic N) is 1. The molecule has 2 N–H and O–H groups in total. The Morgan fingerprint density at radius 2 is 2.58 bits per heavy atom. The molecule has 1 aliphatic rings. The molecule has 2 heterocycles. The molecular weight excluding hydrogens is 152 g/mol. The zero-order valence-electron chi connectivity index (χ0n) is 7.07. The van der Waals surface area contributed by atoms with E-state index in [1.54, 1.807) is 6.26 Å². The number of hydrogen-bond donors (Lipinski definition) is 1. The van der Waals surface area contributed by atoms with Crippen LogP contribution in [-0.2, 0) is 6.54 Å². The van der Waals surface area contributed by atoms with Crippen molar-refractivity contribution in [2.75, 3.05) is 13.1 Å². The van der Waals surface area contributed by atoms with E-state index in [1.807, 2.05) is 12.1 Å². The molecule has 66 valence electrons. The van der Waals surface area contributed by atoms with Gasteiger partial charge in [-0.1, -0.05) is 0 Å². The molecule has 1 aromatic heterocycles. The topological polar surface area (TPSA) is 42.4 Å². The van der Waals surface area contributed by atoms with Crippen LogP contribution in [0.4, 0.5) is 0 Å². The SMILES string of the molecule is N[C@H]1CCN(Cc2ccco2)C1. The Morgan fingerprint density at radius 3 is 3.17 bits per heavy atom. The fourth-order valence-corrected chi connectivity index (χ4v) is 1.63. The van der Waals surface area contributed by atoms with Crippen molar-refractivity contribution < 1.29 is 4.42 Å². The van der Waals surface area contributed by atoms with Crippen molar-refractivity contribution >= 4 is 0 Å². The van der Waals surface area contributed by atoms with Gasteiger partial charge in [0.2, 0.25) is 0 Å². The Balaban J connectivity index is 1.88. The lowest BCUT2D eigenvalue weighted by Crippen LogP contribution is -2.26. The van der Waals surface area contributed by atoms with Gasteiger partial charge in [-0.15, -0.1) is 0 Å². The van der Waals surface area contributed by atoms with Crippen molar-refractivity contribution in [3.05, 3.63) is 24.2 Å². The van der Waals surface area contributed by atoms with E-state index < -0.39 is 0 Å². The van der Waals surface area contributed by atoms with Gasteiger partial charge in [0.1, 0.15) is 5.76 Å². The van der Waals surface area contributed by atoms with Crippen LogP contribution in [0, 0.1) is 0 Å². The summed E-state index contributed by atoms with van der Waals surface area (Å²) in [4.78, 5) is 2.32. The summed E-state index contributed by atoms with van der Waals surface area (Å²) >= 11 is 0. The molecule has 0 aromatic carbocycles. The molecule has 12 heavy (non-hydrogen) atoms. The van der Waals surface area contributed by atoms with Crippen LogP contribution >= 0.6 is 0 Å². The number of hydrogen-bond acceptors (Lipinski definition) is 3. The van der Waals surface area contributed by atoms with E-state index in [4.69, 9.17) is 10.2 Å². The lowest BCUT2D eigenvalue weighted by atomic mass is 10.3. The van der Waals surface area contributed by atoms with Gasteiger partial charge in [-0.2, -0.15) is 0 Å². The van der Waals surface area contributed by atoms with Crippen molar-refractivity contribution in [1.82, 2.24) is 4.90 Å². The van der Waals surface area contributed by atoms with E-state index in [-0.39, 0.29) is 0 Å². The number of likely N-dealkylation sites (tertiary alicyclic amines) is 1. The van der Waals surface area contributed by atoms with Gasteiger partial charge >= 0.3 is 0 Å². The third kappa shape index (κ3) is 1.68. The van der Waals surface area contributed by atoms with E-state index >= 15 is 0 Å². The minimum atomic E-state index is 0.361. The summed E-state index contributed by atoms with van der Waals surface area (Å²) in [5.41, 5.74) is 5.78. The summed E-state index contributed by atoms with van der Waals surface area (Å²) < 4.78 is 5.25. The first-order chi connectivity index (χ1) is 5.84. The zero-order valence-corrected chi connectivity index (χ0v) is 7.07. The molecule has 0 bridgehead atoms. The van der Waals surface area contributed by atoms with E-state index in [2.05, 4.69) is 4.90 Å². The summed E-state index contributed by atoms with van der Waals surface area (Å²) in [5, 5.41) is 0. The van der Waals surface area contributed by atoms with Gasteiger partial charge in [0.15, 0.2) is 0 Å². The molecule has 0 unspecified atom stereocenters. The van der Waals surface area contributed by atoms with E-state index in [0.29, 0.717) is 6.04 Å². The molecule has 3 nitrogen and oxygen atoms in total. The first kappa shape index (κ1) is 7.83. The summed E-state index contributed by atoms with van der Waals surface area (Å²) in [6, 6.07) is 4.29. The minimum Gasteiger partial charge on any atom is -0.468 e. The molecule has 1 aromatic rings. The Hall–Kier alpha value is -0.800. The highest BCUT2D eigenvalue weighted by Gasteiger charge is 2.19. The van der Waals surface area contributed by atoms with Crippen LogP contribution in [0.2, 0.25) is 0 Å². The smallest absolute Gasteiger partial charge is 0.117 e. The summed E-state index contributed by atoms with van der Waals surface area (Å²) in [7, 11) is 0. The van der Waals surface area contributed by atoms with Gasteiger partial charge in [-0.05, 0) is 18.6 Å². The fourth-order valence-electron chi connectivity index (χ4n) is 1.63. The third-order valence-corrected chi connectivity index (χ3v) is 2.27. The normalized spacial score (nSPS) is 24.9. The first-order valence-electron chi connectivity index (χ1n) is 4.35. The van der Waals surface area contributed by atoms with Gasteiger partial charge < -0.3 is 10.2 Å². The maximum Gasteiger partial charge on any atom is 0.117 e. The van der Waals surface area contributed by atoms with Crippen molar-refractivity contribution in [3.63, 3.8) is 0 Å². The lowest BCUT2D eigenvalue weighted by molar-refractivity contribution is 0.294. The Kier molecular flexibility index (Phi) is 2.15. The van der Waals surface area contributed by atoms with Crippen molar-refractivity contribution in [3.8, 4) is 0 Å². The Morgan fingerprint density at radius 1 is 1.67 bits per heavy atom. The van der Waals surface area contributed by atoms with Crippen LogP contribution in [0.25, 0.3) is 0 Å². The molecule has 1 atom stereocenters. The molecule has 3 heteroatoms. The standard InChI is InChI=1S/C9H14N2O/c10-8-3-4-11(6-8)7-9-2-1-5-12-9/h1-2,5,8H,3-4,6-7,10H2/t8-/m0/s1. The monoisotopic (exact) mass is 166 g/mol. The van der Waals surface area contributed by atoms with E-state index in [1.165, 1.54) is 0 Å². The predicted octanol–water partition coefficient (Wildman–Crippen LogP) is 0.813. The van der Waals surface area contributed by atoms with Gasteiger partial charge in [0.25, 0.3) is 0 Å². The van der Waals surface area contributed by atoms with Crippen LogP contribution in [-0.4, -0.2) is 24.0 Å². The van der Waals surface area contributed by atoms with E-state index in [9.17, 15) is 0 Å². The third-order valence-electron chi connectivity index (χ3n) is 2.27. The molecular formula is C9H14N2O. The predicted molar refractivity (Wildman–Crippen MR) is 46.6 cm³/mol. The summed E-state index contributed by atoms with van der Waals surface area (Å²) in [6.07, 6.45) is 2.83. The lowest BCUT2D eigenvalue weighted by Gasteiger charge is -2.12. The molecule has 2 rings (SSSR count). The van der Waals surface area contributed by atoms with Gasteiger partial charge in [0, 0.05) is 19.1 Å². The highest BCUT2D eigenvalue weighted by molar-refractivity contribution is 4.98. The largest absolute Gasteiger partial charge is 0.468 e. The molecule has 1 saturated heterocycles. The van der Waals surface area contributed by atoms with Crippen LogP contribution in [0.5, 0.6) is 0 Å². The molecule has 0 radical (unpaired) electrons. The van der Waals surface area contributed by atoms with Crippen LogP contribution in [0.3, 0.4) is 0 Å². The summed E-state index contributed by atoms with van der Waals surface area (Å²) in [5.74, 6) is 1.03. The molecule has 0 saturated carbocycles. The van der Waals surface area contributed by atoms with Gasteiger partial charge in [-0.3, -0.25) is 4.90 Å². The molecule has 0 amide bonds. The van der Waals surface area contributed by atoms with Crippen molar-refractivity contribution in [1.29, 1.82) is 0 Å². The fraction of sp³-hybridized carbons (Fsp3) is 0.556. The average molecular weight is 166 g/mol. The molecule has 1 fully saturated rings. The second-order valence-corrected chi connectivity index (χ2v) is 3.36. The summed E-state index contributed by atoms with van der Waals surface area (Å²) in [6.45, 7) is 3.00. The highest BCUT2D eigenvalue weighted by atomic mass is 16.3. The van der Waals surface area contributed by atoms with E-state index in [0.717, 1.165) is 31.8 Å².